The van der Waals surface area contributed by atoms with E-state index in [1.165, 1.54) is 0 Å². The topological polar surface area (TPSA) is 92.4 Å². The molecule has 1 saturated carbocycles. The van der Waals surface area contributed by atoms with Crippen LogP contribution in [0.3, 0.4) is 0 Å². The molecule has 0 unspecified atom stereocenters. The molecule has 0 atom stereocenters. The van der Waals surface area contributed by atoms with Gasteiger partial charge in [0.2, 0.25) is 5.91 Å². The molecule has 2 aromatic rings. The van der Waals surface area contributed by atoms with E-state index in [0.717, 1.165) is 42.6 Å². The number of methoxy groups -OCH3 is 1. The summed E-state index contributed by atoms with van der Waals surface area (Å²) < 4.78 is 5.14. The average Bonchev–Trinajstić information content (AvgIpc) is 2.82. The highest BCUT2D eigenvalue weighted by Crippen LogP contribution is 2.26. The molecule has 0 bridgehead atoms. The SMILES string of the molecule is COc1ccc(CNC(=O)NC2CCC(C(=O)NCC(C)(C)c3cccnc3)CC2)cc1. The Labute approximate surface area is 190 Å². The highest BCUT2D eigenvalue weighted by atomic mass is 16.5. The summed E-state index contributed by atoms with van der Waals surface area (Å²) in [4.78, 5) is 29.1. The van der Waals surface area contributed by atoms with Crippen LogP contribution in [0.4, 0.5) is 4.79 Å². The molecule has 1 heterocycles. The molecule has 7 nitrogen and oxygen atoms in total. The Kier molecular flexibility index (Phi) is 8.09. The summed E-state index contributed by atoms with van der Waals surface area (Å²) in [5, 5.41) is 9.05. The van der Waals surface area contributed by atoms with E-state index in [2.05, 4.69) is 34.8 Å². The summed E-state index contributed by atoms with van der Waals surface area (Å²) in [6.07, 6.45) is 6.78. The second-order valence-electron chi connectivity index (χ2n) is 9.07. The zero-order valence-corrected chi connectivity index (χ0v) is 19.2. The van der Waals surface area contributed by atoms with Gasteiger partial charge in [0.25, 0.3) is 0 Å². The lowest BCUT2D eigenvalue weighted by atomic mass is 9.83. The summed E-state index contributed by atoms with van der Waals surface area (Å²) in [6, 6.07) is 11.5. The van der Waals surface area contributed by atoms with Gasteiger partial charge in [-0.05, 0) is 55.0 Å². The lowest BCUT2D eigenvalue weighted by molar-refractivity contribution is -0.126. The van der Waals surface area contributed by atoms with Gasteiger partial charge >= 0.3 is 6.03 Å². The van der Waals surface area contributed by atoms with Crippen LogP contribution in [-0.2, 0) is 16.8 Å². The second-order valence-corrected chi connectivity index (χ2v) is 9.07. The number of hydrogen-bond donors (Lipinski definition) is 3. The molecule has 0 saturated heterocycles. The van der Waals surface area contributed by atoms with Crippen molar-refractivity contribution in [3.05, 3.63) is 59.9 Å². The van der Waals surface area contributed by atoms with E-state index >= 15 is 0 Å². The number of carbonyl (C=O) groups is 2. The Bertz CT molecular complexity index is 876. The number of benzene rings is 1. The zero-order valence-electron chi connectivity index (χ0n) is 19.2. The van der Waals surface area contributed by atoms with Gasteiger partial charge in [-0.15, -0.1) is 0 Å². The molecule has 0 spiro atoms. The van der Waals surface area contributed by atoms with Crippen molar-refractivity contribution in [1.82, 2.24) is 20.9 Å². The Morgan fingerprint density at radius 3 is 2.41 bits per heavy atom. The number of amides is 3. The van der Waals surface area contributed by atoms with Crippen molar-refractivity contribution < 1.29 is 14.3 Å². The molecule has 0 aliphatic heterocycles. The average molecular weight is 439 g/mol. The summed E-state index contributed by atoms with van der Waals surface area (Å²) in [5.41, 5.74) is 1.94. The zero-order chi connectivity index (χ0) is 23.0. The molecule has 172 valence electrons. The molecule has 0 radical (unpaired) electrons. The maximum Gasteiger partial charge on any atom is 0.315 e. The Morgan fingerprint density at radius 2 is 1.78 bits per heavy atom. The number of urea groups is 1. The van der Waals surface area contributed by atoms with E-state index in [4.69, 9.17) is 4.74 Å². The van der Waals surface area contributed by atoms with Crippen LogP contribution in [-0.4, -0.2) is 36.6 Å². The molecule has 1 aliphatic rings. The molecule has 1 fully saturated rings. The normalized spacial score (nSPS) is 18.5. The summed E-state index contributed by atoms with van der Waals surface area (Å²) in [7, 11) is 1.63. The quantitative estimate of drug-likeness (QED) is 0.588. The van der Waals surface area contributed by atoms with Gasteiger partial charge in [0.05, 0.1) is 7.11 Å². The lowest BCUT2D eigenvalue weighted by Gasteiger charge is -2.30. The van der Waals surface area contributed by atoms with Gasteiger partial charge in [0.1, 0.15) is 5.75 Å². The maximum atomic E-state index is 12.7. The van der Waals surface area contributed by atoms with Crippen molar-refractivity contribution in [2.45, 2.75) is 57.5 Å². The summed E-state index contributed by atoms with van der Waals surface area (Å²) in [6.45, 7) is 5.25. The fraction of sp³-hybridized carbons (Fsp3) is 0.480. The van der Waals surface area contributed by atoms with Crippen molar-refractivity contribution in [3.63, 3.8) is 0 Å². The van der Waals surface area contributed by atoms with E-state index in [0.29, 0.717) is 13.1 Å². The van der Waals surface area contributed by atoms with Gasteiger partial charge in [-0.2, -0.15) is 0 Å². The standard InChI is InChI=1S/C25H34N4O3/c1-25(2,20-5-4-14-26-16-20)17-28-23(30)19-8-10-21(11-9-19)29-24(31)27-15-18-6-12-22(32-3)13-7-18/h4-7,12-14,16,19,21H,8-11,15,17H2,1-3H3,(H,28,30)(H2,27,29,31). The smallest absolute Gasteiger partial charge is 0.315 e. The van der Waals surface area contributed by atoms with Crippen LogP contribution in [0.1, 0.15) is 50.7 Å². The van der Waals surface area contributed by atoms with Gasteiger partial charge in [-0.1, -0.05) is 32.0 Å². The predicted octanol–water partition coefficient (Wildman–Crippen LogP) is 3.54. The minimum absolute atomic E-state index is 0.000101. The summed E-state index contributed by atoms with van der Waals surface area (Å²) in [5.74, 6) is 0.893. The minimum Gasteiger partial charge on any atom is -0.497 e. The monoisotopic (exact) mass is 438 g/mol. The third kappa shape index (κ3) is 6.70. The van der Waals surface area contributed by atoms with Crippen LogP contribution in [0.15, 0.2) is 48.8 Å². The first-order valence-electron chi connectivity index (χ1n) is 11.2. The number of rotatable bonds is 8. The number of nitrogens with one attached hydrogen (secondary N) is 3. The molecule has 1 aromatic heterocycles. The molecule has 3 N–H and O–H groups in total. The Morgan fingerprint density at radius 1 is 1.06 bits per heavy atom. The molecule has 3 amide bonds. The number of aromatic nitrogens is 1. The number of pyridine rings is 1. The third-order valence-corrected chi connectivity index (χ3v) is 6.19. The van der Waals surface area contributed by atoms with Gasteiger partial charge in [0, 0.05) is 42.9 Å². The minimum atomic E-state index is -0.176. The lowest BCUT2D eigenvalue weighted by Crippen LogP contribution is -2.45. The molecular formula is C25H34N4O3. The number of nitrogens with zero attached hydrogens (tertiary/aromatic N) is 1. The second kappa shape index (κ2) is 11.0. The molecular weight excluding hydrogens is 404 g/mol. The van der Waals surface area contributed by atoms with E-state index < -0.39 is 0 Å². The number of hydrogen-bond acceptors (Lipinski definition) is 4. The Balaban J connectivity index is 1.36. The van der Waals surface area contributed by atoms with Crippen molar-refractivity contribution in [1.29, 1.82) is 0 Å². The van der Waals surface area contributed by atoms with E-state index in [1.807, 2.05) is 42.6 Å². The van der Waals surface area contributed by atoms with Crippen molar-refractivity contribution in [3.8, 4) is 5.75 Å². The van der Waals surface area contributed by atoms with Gasteiger partial charge in [-0.25, -0.2) is 4.79 Å². The molecule has 1 aromatic carbocycles. The molecule has 1 aliphatic carbocycles. The third-order valence-electron chi connectivity index (χ3n) is 6.19. The van der Waals surface area contributed by atoms with Gasteiger partial charge < -0.3 is 20.7 Å². The van der Waals surface area contributed by atoms with Crippen LogP contribution < -0.4 is 20.7 Å². The fourth-order valence-electron chi connectivity index (χ4n) is 3.98. The number of ether oxygens (including phenoxy) is 1. The van der Waals surface area contributed by atoms with Gasteiger partial charge in [0.15, 0.2) is 0 Å². The van der Waals surface area contributed by atoms with Crippen LogP contribution in [0.5, 0.6) is 5.75 Å². The van der Waals surface area contributed by atoms with E-state index in [9.17, 15) is 9.59 Å². The highest BCUT2D eigenvalue weighted by molar-refractivity contribution is 5.79. The van der Waals surface area contributed by atoms with Crippen LogP contribution in [0, 0.1) is 5.92 Å². The van der Waals surface area contributed by atoms with Gasteiger partial charge in [-0.3, -0.25) is 9.78 Å². The van der Waals surface area contributed by atoms with Crippen molar-refractivity contribution in [2.24, 2.45) is 5.92 Å². The summed E-state index contributed by atoms with van der Waals surface area (Å²) >= 11 is 0. The van der Waals surface area contributed by atoms with Crippen LogP contribution in [0.2, 0.25) is 0 Å². The first kappa shape index (κ1) is 23.6. The molecule has 3 rings (SSSR count). The van der Waals surface area contributed by atoms with E-state index in [-0.39, 0.29) is 29.3 Å². The molecule has 7 heteroatoms. The van der Waals surface area contributed by atoms with Crippen LogP contribution in [0.25, 0.3) is 0 Å². The first-order valence-corrected chi connectivity index (χ1v) is 11.2. The maximum absolute atomic E-state index is 12.7. The van der Waals surface area contributed by atoms with E-state index in [1.54, 1.807) is 13.3 Å². The fourth-order valence-corrected chi connectivity index (χ4v) is 3.98. The van der Waals surface area contributed by atoms with Crippen molar-refractivity contribution >= 4 is 11.9 Å². The van der Waals surface area contributed by atoms with Crippen molar-refractivity contribution in [2.75, 3.05) is 13.7 Å². The highest BCUT2D eigenvalue weighted by Gasteiger charge is 2.29. The van der Waals surface area contributed by atoms with Crippen LogP contribution >= 0.6 is 0 Å². The first-order chi connectivity index (χ1) is 15.4. The molecule has 32 heavy (non-hydrogen) atoms. The largest absolute Gasteiger partial charge is 0.497 e. The predicted molar refractivity (Wildman–Crippen MR) is 124 cm³/mol. The Hall–Kier alpha value is -3.09. The number of carbonyl (C=O) groups excluding carboxylic acids is 2.